The van der Waals surface area contributed by atoms with Gasteiger partial charge >= 0.3 is 19.1 Å². The molecular formula is C21H23BN2O7S. The molecule has 0 aliphatic heterocycles. The Balaban J connectivity index is 1.60. The molecule has 0 radical (unpaired) electrons. The van der Waals surface area contributed by atoms with E-state index >= 15 is 0 Å². The normalized spacial score (nSPS) is 14.5. The predicted molar refractivity (Wildman–Crippen MR) is 117 cm³/mol. The highest BCUT2D eigenvalue weighted by Gasteiger charge is 2.28. The van der Waals surface area contributed by atoms with Crippen molar-refractivity contribution in [3.05, 3.63) is 52.1 Å². The Morgan fingerprint density at radius 2 is 1.62 bits per heavy atom. The van der Waals surface area contributed by atoms with Crippen LogP contribution in [-0.2, 0) is 40.4 Å². The number of urea groups is 1. The van der Waals surface area contributed by atoms with Crippen LogP contribution in [0, 0.1) is 0 Å². The second kappa shape index (κ2) is 8.57. The quantitative estimate of drug-likeness (QED) is 0.381. The predicted octanol–water partition coefficient (Wildman–Crippen LogP) is 0.641. The first kappa shape index (κ1) is 22.3. The molecular weight excluding hydrogens is 435 g/mol. The molecule has 0 atom stereocenters. The molecule has 4 N–H and O–H groups in total. The number of hydrogen-bond acceptors (Lipinski definition) is 7. The summed E-state index contributed by atoms with van der Waals surface area (Å²) in [4.78, 5) is 24.1. The number of benzene rings is 2. The molecule has 0 heterocycles. The first-order chi connectivity index (χ1) is 15.2. The Morgan fingerprint density at radius 3 is 2.19 bits per heavy atom. The van der Waals surface area contributed by atoms with Crippen molar-refractivity contribution in [2.24, 2.45) is 0 Å². The van der Waals surface area contributed by atoms with Crippen molar-refractivity contribution < 1.29 is 32.8 Å². The second-order valence-electron chi connectivity index (χ2n) is 7.91. The third-order valence-electron chi connectivity index (χ3n) is 5.96. The van der Waals surface area contributed by atoms with E-state index in [0.29, 0.717) is 5.69 Å². The van der Waals surface area contributed by atoms with Crippen LogP contribution in [0.4, 0.5) is 10.5 Å². The van der Waals surface area contributed by atoms with Crippen LogP contribution in [0.1, 0.15) is 45.5 Å². The van der Waals surface area contributed by atoms with E-state index in [2.05, 4.69) is 16.1 Å². The van der Waals surface area contributed by atoms with Crippen LogP contribution in [0.25, 0.3) is 0 Å². The first-order valence-corrected chi connectivity index (χ1v) is 11.8. The van der Waals surface area contributed by atoms with Crippen molar-refractivity contribution >= 4 is 40.3 Å². The summed E-state index contributed by atoms with van der Waals surface area (Å²) in [7, 11) is -5.34. The van der Waals surface area contributed by atoms with E-state index < -0.39 is 34.0 Å². The van der Waals surface area contributed by atoms with Gasteiger partial charge in [0, 0.05) is 5.69 Å². The van der Waals surface area contributed by atoms with Crippen LogP contribution >= 0.6 is 0 Å². The number of amides is 2. The summed E-state index contributed by atoms with van der Waals surface area (Å²) in [5.41, 5.74) is 4.68. The highest BCUT2D eigenvalue weighted by molar-refractivity contribution is 7.90. The lowest BCUT2D eigenvalue weighted by molar-refractivity contribution is 0.0601. The molecule has 168 valence electrons. The number of carbonyl (C=O) groups excluding carboxylic acids is 2. The maximum Gasteiger partial charge on any atom is 0.489 e. The Hall–Kier alpha value is -2.89. The number of anilines is 1. The molecule has 2 aliphatic rings. The number of methoxy groups -OCH3 is 1. The van der Waals surface area contributed by atoms with Crippen molar-refractivity contribution in [2.45, 2.75) is 43.4 Å². The molecule has 2 amide bonds. The van der Waals surface area contributed by atoms with Crippen LogP contribution in [0.2, 0.25) is 0 Å². The summed E-state index contributed by atoms with van der Waals surface area (Å²) < 4.78 is 32.1. The minimum absolute atomic E-state index is 0.193. The summed E-state index contributed by atoms with van der Waals surface area (Å²) >= 11 is 0. The minimum Gasteiger partial charge on any atom is -0.465 e. The highest BCUT2D eigenvalue weighted by atomic mass is 32.2. The zero-order valence-electron chi connectivity index (χ0n) is 17.5. The van der Waals surface area contributed by atoms with Crippen molar-refractivity contribution in [1.82, 2.24) is 4.72 Å². The van der Waals surface area contributed by atoms with E-state index in [9.17, 15) is 28.1 Å². The number of sulfonamides is 1. The number of ether oxygens (including phenoxy) is 1. The Morgan fingerprint density at radius 1 is 1.00 bits per heavy atom. The van der Waals surface area contributed by atoms with Crippen LogP contribution in [0.15, 0.2) is 29.2 Å². The third kappa shape index (κ3) is 4.11. The molecule has 0 fully saturated rings. The van der Waals surface area contributed by atoms with Crippen molar-refractivity contribution in [3.8, 4) is 0 Å². The fourth-order valence-corrected chi connectivity index (χ4v) is 5.45. The number of esters is 1. The third-order valence-corrected chi connectivity index (χ3v) is 7.28. The number of hydrogen-bond donors (Lipinski definition) is 4. The molecule has 11 heteroatoms. The maximum atomic E-state index is 12.8. The number of nitrogens with one attached hydrogen (secondary N) is 2. The van der Waals surface area contributed by atoms with E-state index in [1.807, 2.05) is 4.72 Å². The topological polar surface area (TPSA) is 142 Å². The average Bonchev–Trinajstić information content (AvgIpc) is 3.41. The zero-order valence-corrected chi connectivity index (χ0v) is 18.3. The van der Waals surface area contributed by atoms with Crippen LogP contribution in [0.5, 0.6) is 0 Å². The smallest absolute Gasteiger partial charge is 0.465 e. The van der Waals surface area contributed by atoms with Crippen molar-refractivity contribution in [3.63, 3.8) is 0 Å². The summed E-state index contributed by atoms with van der Waals surface area (Å²) in [6.45, 7) is 0. The fraction of sp³-hybridized carbons (Fsp3) is 0.333. The summed E-state index contributed by atoms with van der Waals surface area (Å²) in [5, 5.41) is 21.8. The number of rotatable bonds is 5. The molecule has 0 saturated carbocycles. The summed E-state index contributed by atoms with van der Waals surface area (Å²) in [6, 6.07) is 4.41. The zero-order chi connectivity index (χ0) is 23.0. The van der Waals surface area contributed by atoms with Gasteiger partial charge in [-0.1, -0.05) is 6.07 Å². The van der Waals surface area contributed by atoms with Gasteiger partial charge in [0.1, 0.15) is 0 Å². The van der Waals surface area contributed by atoms with Crippen molar-refractivity contribution in [1.29, 1.82) is 0 Å². The fourth-order valence-electron chi connectivity index (χ4n) is 4.50. The summed E-state index contributed by atoms with van der Waals surface area (Å²) in [5.74, 6) is -0.852. The van der Waals surface area contributed by atoms with Crippen molar-refractivity contribution in [2.75, 3.05) is 12.4 Å². The molecule has 4 rings (SSSR count). The highest BCUT2D eigenvalue weighted by Crippen LogP contribution is 2.38. The van der Waals surface area contributed by atoms with Crippen LogP contribution in [-0.4, -0.2) is 44.7 Å². The van der Waals surface area contributed by atoms with E-state index in [4.69, 9.17) is 0 Å². The maximum absolute atomic E-state index is 12.8. The molecule has 9 nitrogen and oxygen atoms in total. The van der Waals surface area contributed by atoms with Crippen LogP contribution < -0.4 is 15.5 Å². The molecule has 0 aromatic heterocycles. The van der Waals surface area contributed by atoms with E-state index in [1.165, 1.54) is 11.1 Å². The largest absolute Gasteiger partial charge is 0.489 e. The molecule has 0 bridgehead atoms. The number of aryl methyl sites for hydroxylation is 2. The van der Waals surface area contributed by atoms with Gasteiger partial charge in [-0.05, 0) is 84.4 Å². The lowest BCUT2D eigenvalue weighted by atomic mass is 9.77. The lowest BCUT2D eigenvalue weighted by Gasteiger charge is -2.17. The Bertz CT molecular complexity index is 1180. The second-order valence-corrected chi connectivity index (χ2v) is 9.59. The molecule has 2 aromatic carbocycles. The molecule has 0 unspecified atom stereocenters. The van der Waals surface area contributed by atoms with Gasteiger partial charge in [0.05, 0.1) is 17.6 Å². The van der Waals surface area contributed by atoms with Gasteiger partial charge in [-0.25, -0.2) is 22.7 Å². The van der Waals surface area contributed by atoms with E-state index in [0.717, 1.165) is 75.0 Å². The average molecular weight is 458 g/mol. The molecule has 0 saturated heterocycles. The standard InChI is InChI=1S/C21H23BN2O7S/c1-31-20(25)17-9-8-14(11-18(17)22(27)28)32(29,30)24-21(26)23-19-15-6-2-4-12(15)10-13-5-3-7-16(13)19/h8-11,27-28H,2-7H2,1H3,(H2,23,24,26). The van der Waals surface area contributed by atoms with E-state index in [1.54, 1.807) is 0 Å². The van der Waals surface area contributed by atoms with Gasteiger partial charge in [0.2, 0.25) is 0 Å². The SMILES string of the molecule is COC(=O)c1ccc(S(=O)(=O)NC(=O)Nc2c3c(cc4c2CCC4)CCC3)cc1B(O)O. The van der Waals surface area contributed by atoms with Gasteiger partial charge in [-0.3, -0.25) is 0 Å². The van der Waals surface area contributed by atoms with Gasteiger partial charge in [0.25, 0.3) is 10.0 Å². The van der Waals surface area contributed by atoms with Gasteiger partial charge in [-0.15, -0.1) is 0 Å². The molecule has 2 aliphatic carbocycles. The van der Waals surface area contributed by atoms with Gasteiger partial charge in [-0.2, -0.15) is 0 Å². The first-order valence-electron chi connectivity index (χ1n) is 10.3. The monoisotopic (exact) mass is 458 g/mol. The van der Waals surface area contributed by atoms with E-state index in [-0.39, 0.29) is 11.0 Å². The Kier molecular flexibility index (Phi) is 5.98. The number of carbonyl (C=O) groups is 2. The van der Waals surface area contributed by atoms with Gasteiger partial charge in [0.15, 0.2) is 0 Å². The lowest BCUT2D eigenvalue weighted by Crippen LogP contribution is -2.38. The molecule has 2 aromatic rings. The molecule has 32 heavy (non-hydrogen) atoms. The summed E-state index contributed by atoms with van der Waals surface area (Å²) in [6.07, 6.45) is 5.53. The number of fused-ring (bicyclic) bond motifs is 2. The Labute approximate surface area is 186 Å². The van der Waals surface area contributed by atoms with Crippen LogP contribution in [0.3, 0.4) is 0 Å². The van der Waals surface area contributed by atoms with Gasteiger partial charge < -0.3 is 20.1 Å². The molecule has 0 spiro atoms. The minimum atomic E-state index is -4.35.